The summed E-state index contributed by atoms with van der Waals surface area (Å²) in [5.74, 6) is 0. The van der Waals surface area contributed by atoms with Crippen molar-refractivity contribution in [3.05, 3.63) is 29.6 Å². The highest BCUT2D eigenvalue weighted by Gasteiger charge is 2.36. The fourth-order valence-electron chi connectivity index (χ4n) is 2.14. The second kappa shape index (κ2) is 4.93. The molecule has 0 atom stereocenters. The van der Waals surface area contributed by atoms with Crippen LogP contribution in [0, 0.1) is 6.92 Å². The summed E-state index contributed by atoms with van der Waals surface area (Å²) in [7, 11) is 1.81. The Morgan fingerprint density at radius 1 is 1.50 bits per heavy atom. The highest BCUT2D eigenvalue weighted by atomic mass is 16.5. The van der Waals surface area contributed by atoms with E-state index in [2.05, 4.69) is 23.3 Å². The van der Waals surface area contributed by atoms with Gasteiger partial charge < -0.3 is 10.1 Å². The third-order valence-electron chi connectivity index (χ3n) is 3.56. The Morgan fingerprint density at radius 3 is 2.88 bits per heavy atom. The maximum Gasteiger partial charge on any atom is 0.0802 e. The zero-order valence-corrected chi connectivity index (χ0v) is 10.1. The number of hydrogen-bond acceptors (Lipinski definition) is 3. The Hall–Kier alpha value is -0.930. The molecule has 2 rings (SSSR count). The van der Waals surface area contributed by atoms with Crippen LogP contribution in [0.3, 0.4) is 0 Å². The van der Waals surface area contributed by atoms with E-state index in [1.807, 2.05) is 19.4 Å². The molecule has 0 aromatic carbocycles. The molecule has 88 valence electrons. The van der Waals surface area contributed by atoms with Gasteiger partial charge in [0, 0.05) is 26.4 Å². The minimum atomic E-state index is 0.0999. The lowest BCUT2D eigenvalue weighted by Gasteiger charge is -2.40. The lowest BCUT2D eigenvalue weighted by molar-refractivity contribution is -0.0695. The van der Waals surface area contributed by atoms with Gasteiger partial charge in [-0.25, -0.2) is 0 Å². The van der Waals surface area contributed by atoms with Crippen molar-refractivity contribution in [1.29, 1.82) is 0 Å². The fraction of sp³-hybridized carbons (Fsp3) is 0.615. The van der Waals surface area contributed by atoms with Gasteiger partial charge in [-0.2, -0.15) is 0 Å². The van der Waals surface area contributed by atoms with Crippen LogP contribution >= 0.6 is 0 Å². The van der Waals surface area contributed by atoms with Crippen molar-refractivity contribution in [2.45, 2.75) is 38.3 Å². The molecule has 1 aliphatic rings. The number of rotatable bonds is 5. The van der Waals surface area contributed by atoms with Crippen LogP contribution in [0.25, 0.3) is 0 Å². The number of pyridine rings is 1. The molecule has 0 spiro atoms. The van der Waals surface area contributed by atoms with Gasteiger partial charge in [0.1, 0.15) is 0 Å². The summed E-state index contributed by atoms with van der Waals surface area (Å²) in [6.07, 6.45) is 5.49. The average molecular weight is 220 g/mol. The zero-order valence-electron chi connectivity index (χ0n) is 10.1. The van der Waals surface area contributed by atoms with Crippen LogP contribution in [0.4, 0.5) is 0 Å². The number of aromatic nitrogens is 1. The van der Waals surface area contributed by atoms with Crippen LogP contribution in [-0.4, -0.2) is 24.2 Å². The molecule has 0 unspecified atom stereocenters. The van der Waals surface area contributed by atoms with Gasteiger partial charge in [-0.05, 0) is 37.8 Å². The summed E-state index contributed by atoms with van der Waals surface area (Å²) in [6, 6.07) is 4.07. The molecule has 0 aliphatic heterocycles. The van der Waals surface area contributed by atoms with Gasteiger partial charge in [0.25, 0.3) is 0 Å². The fourth-order valence-corrected chi connectivity index (χ4v) is 2.14. The Labute approximate surface area is 97.2 Å². The highest BCUT2D eigenvalue weighted by molar-refractivity contribution is 5.17. The minimum absolute atomic E-state index is 0.0999. The minimum Gasteiger partial charge on any atom is -0.377 e. The Kier molecular flexibility index (Phi) is 3.56. The Morgan fingerprint density at radius 2 is 2.31 bits per heavy atom. The first-order chi connectivity index (χ1) is 7.76. The van der Waals surface area contributed by atoms with E-state index in [4.69, 9.17) is 4.74 Å². The lowest BCUT2D eigenvalue weighted by atomic mass is 9.80. The molecule has 1 aliphatic carbocycles. The predicted molar refractivity (Wildman–Crippen MR) is 64.3 cm³/mol. The molecule has 16 heavy (non-hydrogen) atoms. The first-order valence-electron chi connectivity index (χ1n) is 5.92. The van der Waals surface area contributed by atoms with Crippen LogP contribution in [0.15, 0.2) is 18.3 Å². The van der Waals surface area contributed by atoms with Gasteiger partial charge in [0.05, 0.1) is 11.3 Å². The largest absolute Gasteiger partial charge is 0.377 e. The number of nitrogens with zero attached hydrogens (tertiary/aromatic N) is 1. The number of methoxy groups -OCH3 is 1. The summed E-state index contributed by atoms with van der Waals surface area (Å²) in [4.78, 5) is 4.36. The second-order valence-electron chi connectivity index (χ2n) is 4.61. The first kappa shape index (κ1) is 11.6. The molecule has 1 fully saturated rings. The van der Waals surface area contributed by atoms with Crippen molar-refractivity contribution in [2.75, 3.05) is 13.7 Å². The van der Waals surface area contributed by atoms with E-state index >= 15 is 0 Å². The molecule has 0 saturated heterocycles. The quantitative estimate of drug-likeness (QED) is 0.824. The van der Waals surface area contributed by atoms with Crippen LogP contribution in [0.5, 0.6) is 0 Å². The molecule has 1 heterocycles. The average Bonchev–Trinajstić information content (AvgIpc) is 2.25. The van der Waals surface area contributed by atoms with E-state index < -0.39 is 0 Å². The van der Waals surface area contributed by atoms with E-state index in [1.54, 1.807) is 0 Å². The zero-order chi connectivity index (χ0) is 11.4. The maximum atomic E-state index is 5.56. The molecule has 1 N–H and O–H groups in total. The summed E-state index contributed by atoms with van der Waals surface area (Å²) in [5, 5.41) is 3.45. The molecule has 1 aromatic heterocycles. The van der Waals surface area contributed by atoms with Crippen LogP contribution in [-0.2, 0) is 11.3 Å². The molecule has 0 amide bonds. The molecular weight excluding hydrogens is 200 g/mol. The molecule has 3 heteroatoms. The van der Waals surface area contributed by atoms with Crippen molar-refractivity contribution < 1.29 is 4.74 Å². The number of aryl methyl sites for hydroxylation is 1. The van der Waals surface area contributed by atoms with Gasteiger partial charge >= 0.3 is 0 Å². The summed E-state index contributed by atoms with van der Waals surface area (Å²) in [6.45, 7) is 3.86. The molecule has 1 aromatic rings. The van der Waals surface area contributed by atoms with Crippen molar-refractivity contribution in [2.24, 2.45) is 0 Å². The van der Waals surface area contributed by atoms with E-state index in [1.165, 1.54) is 24.8 Å². The number of ether oxygens (including phenoxy) is 1. The molecule has 0 radical (unpaired) electrons. The molecule has 3 nitrogen and oxygen atoms in total. The maximum absolute atomic E-state index is 5.56. The van der Waals surface area contributed by atoms with Gasteiger partial charge in [0.2, 0.25) is 0 Å². The summed E-state index contributed by atoms with van der Waals surface area (Å²) < 4.78 is 5.56. The van der Waals surface area contributed by atoms with E-state index in [0.29, 0.717) is 0 Å². The molecule has 1 saturated carbocycles. The normalized spacial score (nSPS) is 18.1. The van der Waals surface area contributed by atoms with E-state index in [0.717, 1.165) is 18.8 Å². The van der Waals surface area contributed by atoms with Gasteiger partial charge in [-0.15, -0.1) is 0 Å². The summed E-state index contributed by atoms with van der Waals surface area (Å²) in [5.41, 5.74) is 2.48. The molecule has 0 bridgehead atoms. The Balaban J connectivity index is 1.82. The first-order valence-corrected chi connectivity index (χ1v) is 5.92. The van der Waals surface area contributed by atoms with Gasteiger partial charge in [0.15, 0.2) is 0 Å². The Bertz CT molecular complexity index is 342. The second-order valence-corrected chi connectivity index (χ2v) is 4.61. The monoisotopic (exact) mass is 220 g/mol. The van der Waals surface area contributed by atoms with Gasteiger partial charge in [-0.3, -0.25) is 4.98 Å². The third kappa shape index (κ3) is 2.42. The SMILES string of the molecule is COC1(CNCc2ncccc2C)CCC1. The van der Waals surface area contributed by atoms with Crippen molar-refractivity contribution in [3.63, 3.8) is 0 Å². The smallest absolute Gasteiger partial charge is 0.0802 e. The standard InChI is InChI=1S/C13H20N2O/c1-11-5-3-8-15-12(11)9-14-10-13(16-2)6-4-7-13/h3,5,8,14H,4,6-7,9-10H2,1-2H3. The number of hydrogen-bond donors (Lipinski definition) is 1. The van der Waals surface area contributed by atoms with E-state index in [-0.39, 0.29) is 5.60 Å². The van der Waals surface area contributed by atoms with Crippen LogP contribution in [0.2, 0.25) is 0 Å². The van der Waals surface area contributed by atoms with Gasteiger partial charge in [-0.1, -0.05) is 6.07 Å². The molecular formula is C13H20N2O. The van der Waals surface area contributed by atoms with Crippen LogP contribution < -0.4 is 5.32 Å². The van der Waals surface area contributed by atoms with Crippen molar-refractivity contribution in [3.8, 4) is 0 Å². The van der Waals surface area contributed by atoms with Crippen molar-refractivity contribution >= 4 is 0 Å². The van der Waals surface area contributed by atoms with Crippen molar-refractivity contribution in [1.82, 2.24) is 10.3 Å². The van der Waals surface area contributed by atoms with Crippen LogP contribution in [0.1, 0.15) is 30.5 Å². The van der Waals surface area contributed by atoms with E-state index in [9.17, 15) is 0 Å². The topological polar surface area (TPSA) is 34.1 Å². The predicted octanol–water partition coefficient (Wildman–Crippen LogP) is 2.05. The highest BCUT2D eigenvalue weighted by Crippen LogP contribution is 2.34. The summed E-state index contributed by atoms with van der Waals surface area (Å²) >= 11 is 0. The third-order valence-corrected chi connectivity index (χ3v) is 3.56. The lowest BCUT2D eigenvalue weighted by Crippen LogP contribution is -2.47. The number of nitrogens with one attached hydrogen (secondary N) is 1.